The van der Waals surface area contributed by atoms with Gasteiger partial charge in [-0.3, -0.25) is 4.79 Å². The third-order valence-electron chi connectivity index (χ3n) is 5.52. The van der Waals surface area contributed by atoms with E-state index in [0.717, 1.165) is 13.0 Å². The maximum atomic E-state index is 13.2. The van der Waals surface area contributed by atoms with Crippen LogP contribution in [0.25, 0.3) is 16.9 Å². The quantitative estimate of drug-likeness (QED) is 0.412. The number of sulfonamides is 1. The molecule has 3 rings (SSSR count). The molecule has 0 saturated carbocycles. The molecule has 0 aliphatic rings. The Kier molecular flexibility index (Phi) is 8.03. The predicted molar refractivity (Wildman–Crippen MR) is 136 cm³/mol. The number of nitrogens with one attached hydrogen (secondary N) is 2. The molecule has 0 aliphatic carbocycles. The van der Waals surface area contributed by atoms with E-state index < -0.39 is 10.0 Å². The minimum Gasteiger partial charge on any atom is -0.493 e. The summed E-state index contributed by atoms with van der Waals surface area (Å²) in [5.74, 6) is 1.32. The highest BCUT2D eigenvalue weighted by atomic mass is 32.2. The molecule has 11 heteroatoms. The van der Waals surface area contributed by atoms with Crippen LogP contribution >= 0.6 is 0 Å². The van der Waals surface area contributed by atoms with Crippen LogP contribution in [0.2, 0.25) is 0 Å². The standard InChI is InChI=1S/C24H36N6O4S/c1-8-10-20-26-16(3)21-23(31)27-22(28-30(20)21)18-13-17(11-12-19(18)34-9-2)35(32,33)25-14-24(4,5)15-29(6)7/h11-13,25H,8-10,14-15H2,1-7H3,(H,27,28,31). The van der Waals surface area contributed by atoms with Gasteiger partial charge in [0, 0.05) is 19.5 Å². The molecule has 35 heavy (non-hydrogen) atoms. The molecule has 0 aliphatic heterocycles. The Balaban J connectivity index is 2.08. The number of nitrogens with zero attached hydrogens (tertiary/aromatic N) is 4. The topological polar surface area (TPSA) is 122 Å². The summed E-state index contributed by atoms with van der Waals surface area (Å²) in [5.41, 5.74) is 0.748. The lowest BCUT2D eigenvalue weighted by molar-refractivity contribution is 0.242. The molecule has 0 radical (unpaired) electrons. The minimum atomic E-state index is -3.82. The van der Waals surface area contributed by atoms with Gasteiger partial charge in [0.25, 0.3) is 5.56 Å². The Morgan fingerprint density at radius 2 is 1.94 bits per heavy atom. The SMILES string of the molecule is CCCc1nc(C)c2c(=O)[nH]c(-c3cc(S(=O)(=O)NCC(C)(C)CN(C)C)ccc3OCC)nn12. The molecule has 2 aromatic heterocycles. The van der Waals surface area contributed by atoms with Gasteiger partial charge < -0.3 is 14.6 Å². The van der Waals surface area contributed by atoms with Gasteiger partial charge >= 0.3 is 0 Å². The number of hydrogen-bond donors (Lipinski definition) is 2. The van der Waals surface area contributed by atoms with E-state index in [1.165, 1.54) is 12.1 Å². The van der Waals surface area contributed by atoms with Crippen molar-refractivity contribution < 1.29 is 13.2 Å². The molecule has 0 atom stereocenters. The highest BCUT2D eigenvalue weighted by Crippen LogP contribution is 2.30. The minimum absolute atomic E-state index is 0.0648. The maximum Gasteiger partial charge on any atom is 0.277 e. The third-order valence-corrected chi connectivity index (χ3v) is 6.92. The van der Waals surface area contributed by atoms with Crippen LogP contribution in [0.5, 0.6) is 5.75 Å². The Hall–Kier alpha value is -2.76. The van der Waals surface area contributed by atoms with Gasteiger partial charge in [-0.1, -0.05) is 20.8 Å². The first-order chi connectivity index (χ1) is 16.4. The number of ether oxygens (including phenoxy) is 1. The number of aromatic nitrogens is 4. The average Bonchev–Trinajstić information content (AvgIpc) is 3.08. The predicted octanol–water partition coefficient (Wildman–Crippen LogP) is 2.61. The summed E-state index contributed by atoms with van der Waals surface area (Å²) in [6, 6.07) is 4.57. The summed E-state index contributed by atoms with van der Waals surface area (Å²) in [4.78, 5) is 22.3. The fourth-order valence-corrected chi connectivity index (χ4v) is 5.44. The summed E-state index contributed by atoms with van der Waals surface area (Å²) < 4.78 is 36.3. The first kappa shape index (κ1) is 26.8. The van der Waals surface area contributed by atoms with E-state index in [-0.39, 0.29) is 28.2 Å². The number of benzene rings is 1. The molecule has 0 unspecified atom stereocenters. The monoisotopic (exact) mass is 504 g/mol. The van der Waals surface area contributed by atoms with Gasteiger partial charge in [-0.15, -0.1) is 5.10 Å². The largest absolute Gasteiger partial charge is 0.493 e. The van der Waals surface area contributed by atoms with Crippen molar-refractivity contribution in [3.8, 4) is 17.1 Å². The van der Waals surface area contributed by atoms with Crippen LogP contribution in [-0.2, 0) is 16.4 Å². The van der Waals surface area contributed by atoms with Crippen LogP contribution in [0.15, 0.2) is 27.9 Å². The van der Waals surface area contributed by atoms with E-state index >= 15 is 0 Å². The summed E-state index contributed by atoms with van der Waals surface area (Å²) in [6.45, 7) is 11.0. The number of imidazole rings is 1. The Morgan fingerprint density at radius 3 is 2.57 bits per heavy atom. The highest BCUT2D eigenvalue weighted by molar-refractivity contribution is 7.89. The number of hydrogen-bond acceptors (Lipinski definition) is 7. The van der Waals surface area contributed by atoms with Crippen molar-refractivity contribution in [2.24, 2.45) is 5.41 Å². The number of aryl methyl sites for hydroxylation is 2. The molecule has 0 amide bonds. The fraction of sp³-hybridized carbons (Fsp3) is 0.542. The van der Waals surface area contributed by atoms with Gasteiger partial charge in [-0.25, -0.2) is 22.6 Å². The molecule has 0 spiro atoms. The second-order valence-corrected chi connectivity index (χ2v) is 11.5. The lowest BCUT2D eigenvalue weighted by atomic mass is 9.93. The van der Waals surface area contributed by atoms with E-state index in [0.29, 0.717) is 41.4 Å². The van der Waals surface area contributed by atoms with E-state index in [1.54, 1.807) is 17.5 Å². The molecule has 2 heterocycles. The van der Waals surface area contributed by atoms with Crippen molar-refractivity contribution in [1.29, 1.82) is 0 Å². The third kappa shape index (κ3) is 6.09. The molecule has 192 valence electrons. The number of H-pyrrole nitrogens is 1. The molecular weight excluding hydrogens is 468 g/mol. The van der Waals surface area contributed by atoms with Crippen molar-refractivity contribution >= 4 is 15.5 Å². The van der Waals surface area contributed by atoms with Crippen LogP contribution < -0.4 is 15.0 Å². The second-order valence-electron chi connectivity index (χ2n) is 9.74. The zero-order valence-electron chi connectivity index (χ0n) is 21.6. The highest BCUT2D eigenvalue weighted by Gasteiger charge is 2.25. The molecule has 10 nitrogen and oxygen atoms in total. The van der Waals surface area contributed by atoms with Crippen LogP contribution in [0.3, 0.4) is 0 Å². The van der Waals surface area contributed by atoms with Gasteiger partial charge in [0.1, 0.15) is 11.6 Å². The van der Waals surface area contributed by atoms with Crippen molar-refractivity contribution in [3.63, 3.8) is 0 Å². The smallest absolute Gasteiger partial charge is 0.277 e. The summed E-state index contributed by atoms with van der Waals surface area (Å²) in [6.07, 6.45) is 1.50. The van der Waals surface area contributed by atoms with Gasteiger partial charge in [0.15, 0.2) is 11.3 Å². The van der Waals surface area contributed by atoms with Crippen molar-refractivity contribution in [1.82, 2.24) is 29.2 Å². The first-order valence-electron chi connectivity index (χ1n) is 11.8. The van der Waals surface area contributed by atoms with Crippen LogP contribution in [0.4, 0.5) is 0 Å². The van der Waals surface area contributed by atoms with Gasteiger partial charge in [0.05, 0.1) is 22.8 Å². The second kappa shape index (κ2) is 10.5. The lowest BCUT2D eigenvalue weighted by Gasteiger charge is -2.28. The van der Waals surface area contributed by atoms with Crippen LogP contribution in [0, 0.1) is 12.3 Å². The summed E-state index contributed by atoms with van der Waals surface area (Å²) in [5, 5.41) is 4.63. The van der Waals surface area contributed by atoms with E-state index in [2.05, 4.69) is 19.8 Å². The molecule has 2 N–H and O–H groups in total. The number of aromatic amines is 1. The average molecular weight is 505 g/mol. The fourth-order valence-electron chi connectivity index (χ4n) is 4.17. The molecule has 1 aromatic carbocycles. The Labute approximate surface area is 206 Å². The van der Waals surface area contributed by atoms with E-state index in [1.807, 2.05) is 46.7 Å². The van der Waals surface area contributed by atoms with Gasteiger partial charge in [-0.2, -0.15) is 0 Å². The zero-order chi connectivity index (χ0) is 26.0. The van der Waals surface area contributed by atoms with Crippen molar-refractivity contribution in [3.05, 3.63) is 40.1 Å². The van der Waals surface area contributed by atoms with Crippen molar-refractivity contribution in [2.75, 3.05) is 33.8 Å². The van der Waals surface area contributed by atoms with Crippen LogP contribution in [0.1, 0.15) is 45.6 Å². The Morgan fingerprint density at radius 1 is 1.23 bits per heavy atom. The zero-order valence-corrected chi connectivity index (χ0v) is 22.4. The van der Waals surface area contributed by atoms with Crippen molar-refractivity contribution in [2.45, 2.75) is 52.4 Å². The summed E-state index contributed by atoms with van der Waals surface area (Å²) >= 11 is 0. The molecular formula is C24H36N6O4S. The number of rotatable bonds is 11. The molecule has 3 aromatic rings. The van der Waals surface area contributed by atoms with E-state index in [4.69, 9.17) is 4.74 Å². The Bertz CT molecular complexity index is 1360. The lowest BCUT2D eigenvalue weighted by Crippen LogP contribution is -2.39. The maximum absolute atomic E-state index is 13.2. The molecule has 0 bridgehead atoms. The normalized spacial score (nSPS) is 12.6. The van der Waals surface area contributed by atoms with Gasteiger partial charge in [0.2, 0.25) is 10.0 Å². The summed E-state index contributed by atoms with van der Waals surface area (Å²) in [7, 11) is 0.0835. The molecule has 0 saturated heterocycles. The first-order valence-corrected chi connectivity index (χ1v) is 13.3. The number of fused-ring (bicyclic) bond motifs is 1. The van der Waals surface area contributed by atoms with Gasteiger partial charge in [-0.05, 0) is 58.0 Å². The van der Waals surface area contributed by atoms with E-state index in [9.17, 15) is 13.2 Å². The van der Waals surface area contributed by atoms with Crippen LogP contribution in [-0.4, -0.2) is 66.7 Å². The molecule has 0 fully saturated rings.